The predicted octanol–water partition coefficient (Wildman–Crippen LogP) is 7.16. The number of hydrogen-bond donors (Lipinski definition) is 2. The SMILES string of the molecule is CCC(C(=O)O)(C(C)C)C(CCCCCCCCCCCCC(=O)O)C(C)C. The summed E-state index contributed by atoms with van der Waals surface area (Å²) in [6.45, 7) is 10.5. The molecule has 166 valence electrons. The third-order valence-corrected chi connectivity index (χ3v) is 6.64. The quantitative estimate of drug-likeness (QED) is 0.240. The van der Waals surface area contributed by atoms with Crippen molar-refractivity contribution in [2.45, 2.75) is 118 Å². The Balaban J connectivity index is 4.06. The number of carboxylic acids is 2. The first-order chi connectivity index (χ1) is 13.2. The van der Waals surface area contributed by atoms with Crippen LogP contribution in [0.15, 0.2) is 0 Å². The zero-order valence-electron chi connectivity index (χ0n) is 19.1. The van der Waals surface area contributed by atoms with Crippen LogP contribution in [0, 0.1) is 23.2 Å². The second kappa shape index (κ2) is 14.9. The fraction of sp³-hybridized carbons (Fsp3) is 0.917. The Labute approximate surface area is 173 Å². The normalized spacial score (nSPS) is 15.0. The average molecular weight is 399 g/mol. The molecule has 0 aliphatic heterocycles. The molecule has 0 saturated carbocycles. The maximum absolute atomic E-state index is 12.1. The van der Waals surface area contributed by atoms with E-state index in [2.05, 4.69) is 27.7 Å². The molecule has 2 N–H and O–H groups in total. The second-order valence-electron chi connectivity index (χ2n) is 9.17. The minimum Gasteiger partial charge on any atom is -0.481 e. The zero-order valence-corrected chi connectivity index (χ0v) is 19.1. The van der Waals surface area contributed by atoms with Crippen LogP contribution in [-0.4, -0.2) is 22.2 Å². The van der Waals surface area contributed by atoms with Crippen LogP contribution in [0.3, 0.4) is 0 Å². The molecule has 0 aliphatic carbocycles. The summed E-state index contributed by atoms with van der Waals surface area (Å²) in [5.41, 5.74) is -0.602. The Morgan fingerprint density at radius 2 is 1.18 bits per heavy atom. The topological polar surface area (TPSA) is 74.6 Å². The lowest BCUT2D eigenvalue weighted by molar-refractivity contribution is -0.159. The van der Waals surface area contributed by atoms with Crippen LogP contribution in [0.5, 0.6) is 0 Å². The Morgan fingerprint density at radius 1 is 0.750 bits per heavy atom. The first-order valence-corrected chi connectivity index (χ1v) is 11.6. The van der Waals surface area contributed by atoms with Crippen LogP contribution in [0.2, 0.25) is 0 Å². The molecule has 4 heteroatoms. The average Bonchev–Trinajstić information content (AvgIpc) is 2.60. The van der Waals surface area contributed by atoms with Gasteiger partial charge in [0.05, 0.1) is 5.41 Å². The molecule has 0 amide bonds. The molecule has 0 rings (SSSR count). The monoisotopic (exact) mass is 398 g/mol. The minimum atomic E-state index is -0.687. The number of hydrogen-bond acceptors (Lipinski definition) is 2. The van der Waals surface area contributed by atoms with Crippen LogP contribution in [0.4, 0.5) is 0 Å². The highest BCUT2D eigenvalue weighted by Gasteiger charge is 2.47. The second-order valence-corrected chi connectivity index (χ2v) is 9.17. The van der Waals surface area contributed by atoms with Gasteiger partial charge in [-0.15, -0.1) is 0 Å². The van der Waals surface area contributed by atoms with Crippen molar-refractivity contribution in [3.05, 3.63) is 0 Å². The molecule has 4 nitrogen and oxygen atoms in total. The van der Waals surface area contributed by atoms with Crippen LogP contribution in [0.1, 0.15) is 118 Å². The zero-order chi connectivity index (χ0) is 21.6. The van der Waals surface area contributed by atoms with E-state index in [1.165, 1.54) is 38.5 Å². The van der Waals surface area contributed by atoms with E-state index in [1.807, 2.05) is 6.92 Å². The van der Waals surface area contributed by atoms with Gasteiger partial charge in [-0.05, 0) is 37.0 Å². The van der Waals surface area contributed by atoms with Crippen molar-refractivity contribution < 1.29 is 19.8 Å². The van der Waals surface area contributed by atoms with E-state index >= 15 is 0 Å². The molecule has 0 bridgehead atoms. The molecule has 0 aliphatic rings. The number of carbonyl (C=O) groups is 2. The van der Waals surface area contributed by atoms with Gasteiger partial charge >= 0.3 is 11.9 Å². The highest BCUT2D eigenvalue weighted by molar-refractivity contribution is 5.75. The summed E-state index contributed by atoms with van der Waals surface area (Å²) >= 11 is 0. The predicted molar refractivity (Wildman–Crippen MR) is 117 cm³/mol. The smallest absolute Gasteiger partial charge is 0.310 e. The third-order valence-electron chi connectivity index (χ3n) is 6.64. The van der Waals surface area contributed by atoms with Gasteiger partial charge < -0.3 is 10.2 Å². The van der Waals surface area contributed by atoms with E-state index in [-0.39, 0.29) is 11.8 Å². The van der Waals surface area contributed by atoms with Crippen molar-refractivity contribution in [2.24, 2.45) is 23.2 Å². The maximum atomic E-state index is 12.1. The minimum absolute atomic E-state index is 0.151. The van der Waals surface area contributed by atoms with E-state index in [4.69, 9.17) is 5.11 Å². The van der Waals surface area contributed by atoms with E-state index in [1.54, 1.807) is 0 Å². The van der Waals surface area contributed by atoms with Gasteiger partial charge in [0.1, 0.15) is 0 Å². The van der Waals surface area contributed by atoms with Crippen molar-refractivity contribution in [3.63, 3.8) is 0 Å². The Hall–Kier alpha value is -1.06. The lowest BCUT2D eigenvalue weighted by Crippen LogP contribution is -2.45. The van der Waals surface area contributed by atoms with Gasteiger partial charge in [0, 0.05) is 6.42 Å². The number of aliphatic carboxylic acids is 2. The molecular weight excluding hydrogens is 352 g/mol. The lowest BCUT2D eigenvalue weighted by atomic mass is 9.61. The maximum Gasteiger partial charge on any atom is 0.310 e. The van der Waals surface area contributed by atoms with Gasteiger partial charge in [-0.3, -0.25) is 9.59 Å². The molecular formula is C24H46O4. The van der Waals surface area contributed by atoms with Gasteiger partial charge in [0.15, 0.2) is 0 Å². The van der Waals surface area contributed by atoms with Gasteiger partial charge in [-0.2, -0.15) is 0 Å². The molecule has 0 aromatic carbocycles. The summed E-state index contributed by atoms with van der Waals surface area (Å²) in [6.07, 6.45) is 13.5. The summed E-state index contributed by atoms with van der Waals surface area (Å²) in [7, 11) is 0. The standard InChI is InChI=1S/C24H46O4/c1-6-24(20(4)5,23(27)28)21(19(2)3)17-15-13-11-9-7-8-10-12-14-16-18-22(25)26/h19-21H,6-18H2,1-5H3,(H,25,26)(H,27,28). The molecule has 0 saturated heterocycles. The van der Waals surface area contributed by atoms with Crippen LogP contribution in [0.25, 0.3) is 0 Å². The van der Waals surface area contributed by atoms with Crippen molar-refractivity contribution in [1.29, 1.82) is 0 Å². The van der Waals surface area contributed by atoms with E-state index in [0.29, 0.717) is 18.8 Å². The number of unbranched alkanes of at least 4 members (excludes halogenated alkanes) is 9. The highest BCUT2D eigenvalue weighted by atomic mass is 16.4. The molecule has 0 spiro atoms. The van der Waals surface area contributed by atoms with E-state index in [0.717, 1.165) is 32.1 Å². The van der Waals surface area contributed by atoms with Gasteiger partial charge in [0.2, 0.25) is 0 Å². The van der Waals surface area contributed by atoms with Crippen molar-refractivity contribution >= 4 is 11.9 Å². The summed E-state index contributed by atoms with van der Waals surface area (Å²) in [4.78, 5) is 22.6. The highest BCUT2D eigenvalue weighted by Crippen LogP contribution is 2.45. The largest absolute Gasteiger partial charge is 0.481 e. The Morgan fingerprint density at radius 3 is 1.50 bits per heavy atom. The third kappa shape index (κ3) is 9.43. The fourth-order valence-electron chi connectivity index (χ4n) is 4.90. The van der Waals surface area contributed by atoms with Crippen molar-refractivity contribution in [3.8, 4) is 0 Å². The summed E-state index contributed by atoms with van der Waals surface area (Å²) in [5, 5.41) is 18.6. The van der Waals surface area contributed by atoms with Crippen molar-refractivity contribution in [1.82, 2.24) is 0 Å². The first-order valence-electron chi connectivity index (χ1n) is 11.6. The Bertz CT molecular complexity index is 430. The molecule has 0 radical (unpaired) electrons. The fourth-order valence-corrected chi connectivity index (χ4v) is 4.90. The van der Waals surface area contributed by atoms with Gasteiger partial charge in [0.25, 0.3) is 0 Å². The summed E-state index contributed by atoms with van der Waals surface area (Å²) < 4.78 is 0. The first kappa shape index (κ1) is 26.9. The van der Waals surface area contributed by atoms with Crippen LogP contribution in [-0.2, 0) is 9.59 Å². The van der Waals surface area contributed by atoms with Crippen LogP contribution < -0.4 is 0 Å². The molecule has 2 atom stereocenters. The molecule has 2 unspecified atom stereocenters. The van der Waals surface area contributed by atoms with Gasteiger partial charge in [-0.25, -0.2) is 0 Å². The Kier molecular flexibility index (Phi) is 14.3. The van der Waals surface area contributed by atoms with Crippen molar-refractivity contribution in [2.75, 3.05) is 0 Å². The molecule has 0 fully saturated rings. The number of rotatable bonds is 18. The molecule has 28 heavy (non-hydrogen) atoms. The summed E-state index contributed by atoms with van der Waals surface area (Å²) in [5.74, 6) is -0.530. The molecule has 0 heterocycles. The molecule has 0 aromatic heterocycles. The van der Waals surface area contributed by atoms with E-state index < -0.39 is 17.4 Å². The summed E-state index contributed by atoms with van der Waals surface area (Å²) in [6, 6.07) is 0. The lowest BCUT2D eigenvalue weighted by Gasteiger charge is -2.42. The number of carboxylic acid groups (broad SMARTS) is 2. The van der Waals surface area contributed by atoms with Crippen LogP contribution >= 0.6 is 0 Å². The van der Waals surface area contributed by atoms with E-state index in [9.17, 15) is 14.7 Å². The van der Waals surface area contributed by atoms with Gasteiger partial charge in [-0.1, -0.05) is 92.4 Å². The molecule has 0 aromatic rings.